The van der Waals surface area contributed by atoms with Crippen LogP contribution in [-0.2, 0) is 19.6 Å². The molecular formula is C100H111ClN20O10. The summed E-state index contributed by atoms with van der Waals surface area (Å²) in [6.07, 6.45) is 15.1. The number of likely N-dealkylation sites (tertiary alicyclic amines) is 3. The second-order valence-corrected chi connectivity index (χ2v) is 34.2. The molecule has 3 saturated heterocycles. The van der Waals surface area contributed by atoms with Crippen molar-refractivity contribution in [2.45, 2.75) is 111 Å². The number of halogens is 1. The molecule has 131 heavy (non-hydrogen) atoms. The van der Waals surface area contributed by atoms with Crippen molar-refractivity contribution >= 4 is 116 Å². The van der Waals surface area contributed by atoms with Gasteiger partial charge in [0.15, 0.2) is 17.5 Å². The second-order valence-electron chi connectivity index (χ2n) is 33.8. The van der Waals surface area contributed by atoms with Crippen molar-refractivity contribution in [2.24, 2.45) is 0 Å². The summed E-state index contributed by atoms with van der Waals surface area (Å²) in [5.41, 5.74) is 16.2. The average molecular weight is 1790 g/mol. The lowest BCUT2D eigenvalue weighted by molar-refractivity contribution is 0.251. The van der Waals surface area contributed by atoms with Gasteiger partial charge in [-0.1, -0.05) is 78.3 Å². The van der Waals surface area contributed by atoms with Crippen LogP contribution in [0.5, 0.6) is 40.2 Å². The minimum atomic E-state index is -0.324. The molecule has 5 aromatic heterocycles. The molecule has 31 heteroatoms. The zero-order chi connectivity index (χ0) is 91.8. The number of para-hydroxylation sites is 3. The summed E-state index contributed by atoms with van der Waals surface area (Å²) in [5.74, 6) is 9.54. The van der Waals surface area contributed by atoms with Crippen LogP contribution in [0.25, 0.3) is 0 Å². The highest BCUT2D eigenvalue weighted by Gasteiger charge is 2.41. The van der Waals surface area contributed by atoms with Crippen LogP contribution in [0.15, 0.2) is 183 Å². The Labute approximate surface area is 769 Å². The van der Waals surface area contributed by atoms with Crippen molar-refractivity contribution < 1.29 is 47.5 Å². The quantitative estimate of drug-likeness (QED) is 0.0568. The number of aromatic nitrogens is 8. The van der Waals surface area contributed by atoms with Gasteiger partial charge in [-0.3, -0.25) is 14.7 Å². The van der Waals surface area contributed by atoms with Crippen LogP contribution in [0.3, 0.4) is 0 Å². The normalized spacial score (nSPS) is 15.7. The predicted molar refractivity (Wildman–Crippen MR) is 514 cm³/mol. The van der Waals surface area contributed by atoms with Gasteiger partial charge in [-0.05, 0) is 256 Å². The van der Waals surface area contributed by atoms with Crippen molar-refractivity contribution in [1.82, 2.24) is 54.6 Å². The maximum atomic E-state index is 14.4. The third-order valence-electron chi connectivity index (χ3n) is 25.2. The van der Waals surface area contributed by atoms with Crippen molar-refractivity contribution in [2.75, 3.05) is 156 Å². The van der Waals surface area contributed by atoms with Crippen LogP contribution < -0.4 is 78.5 Å². The van der Waals surface area contributed by atoms with Gasteiger partial charge in [0, 0.05) is 76.6 Å². The van der Waals surface area contributed by atoms with Gasteiger partial charge in [-0.15, -0.1) is 0 Å². The summed E-state index contributed by atoms with van der Waals surface area (Å²) in [6, 6.07) is 47.7. The summed E-state index contributed by atoms with van der Waals surface area (Å²) in [4.78, 5) is 97.2. The number of carbonyl (C=O) groups excluding carboxylic acids is 3. The molecule has 0 aliphatic carbocycles. The monoisotopic (exact) mass is 1790 g/mol. The Morgan fingerprint density at radius 1 is 0.336 bits per heavy atom. The summed E-state index contributed by atoms with van der Waals surface area (Å²) in [5, 5.41) is 10.5. The molecule has 0 bridgehead atoms. The summed E-state index contributed by atoms with van der Waals surface area (Å²) in [7, 11) is 17.9. The van der Waals surface area contributed by atoms with Crippen molar-refractivity contribution in [3.05, 3.63) is 249 Å². The number of hydrogen-bond donors (Lipinski definition) is 3. The zero-order valence-corrected chi connectivity index (χ0v) is 77.5. The van der Waals surface area contributed by atoms with E-state index in [0.717, 1.165) is 168 Å². The fraction of sp³-hybridized carbons (Fsp3) is 0.330. The van der Waals surface area contributed by atoms with Crippen molar-refractivity contribution in [1.29, 1.82) is 0 Å². The van der Waals surface area contributed by atoms with E-state index in [1.807, 2.05) is 126 Å². The molecule has 0 spiro atoms. The first-order valence-corrected chi connectivity index (χ1v) is 44.3. The molecule has 3 N–H and O–H groups in total. The SMILES string of the molecule is COc1ccc(N2C(=O)N(c3c(C)cccc3C)Cc3cnc(Nc4ccc(C5CCN(C)CC5)c(OC)c4)nc32)c(OC)c1.COc1ccc(N2C(=O)N(c3c(C)cccc3C)Cc3cnc(Nc4ccc(C5CCN(C)CC5)c(OC)c4)nc32)nc1.COc1ccc(N2C(=O)N(c3c(C)cccc3Cl)Cc3cnc(Nc4ccc(C5CCN(C)CC5)c(OC)c4)nc32)nc1. The highest BCUT2D eigenvalue weighted by Crippen LogP contribution is 2.48. The maximum absolute atomic E-state index is 14.4. The lowest BCUT2D eigenvalue weighted by Gasteiger charge is -2.37. The molecule has 6 aliphatic rings. The molecule has 30 nitrogen and oxygen atoms in total. The van der Waals surface area contributed by atoms with Crippen molar-refractivity contribution in [3.63, 3.8) is 0 Å². The molecule has 6 amide bonds. The Kier molecular flexibility index (Phi) is 27.6. The number of benzene rings is 7. The van der Waals surface area contributed by atoms with E-state index in [2.05, 4.69) is 94.9 Å². The summed E-state index contributed by atoms with van der Waals surface area (Å²) in [6.45, 7) is 17.3. The van der Waals surface area contributed by atoms with Gasteiger partial charge in [-0.2, -0.15) is 15.0 Å². The molecule has 3 fully saturated rings. The Morgan fingerprint density at radius 2 is 0.656 bits per heavy atom. The number of hydrogen-bond acceptors (Lipinski definition) is 24. The highest BCUT2D eigenvalue weighted by molar-refractivity contribution is 6.34. The number of methoxy groups -OCH3 is 7. The van der Waals surface area contributed by atoms with Crippen LogP contribution in [0.4, 0.5) is 101 Å². The number of nitrogens with one attached hydrogen (secondary N) is 3. The third kappa shape index (κ3) is 19.4. The largest absolute Gasteiger partial charge is 0.497 e. The predicted octanol–water partition coefficient (Wildman–Crippen LogP) is 20.0. The number of rotatable bonds is 22. The van der Waals surface area contributed by atoms with E-state index in [0.29, 0.717) is 117 Å². The van der Waals surface area contributed by atoms with E-state index >= 15 is 0 Å². The molecule has 7 aromatic carbocycles. The van der Waals surface area contributed by atoms with E-state index in [4.69, 9.17) is 59.7 Å². The fourth-order valence-electron chi connectivity index (χ4n) is 18.2. The molecule has 0 atom stereocenters. The number of aryl methyl sites for hydroxylation is 5. The van der Waals surface area contributed by atoms with E-state index in [9.17, 15) is 14.4 Å². The van der Waals surface area contributed by atoms with Crippen LogP contribution in [0.2, 0.25) is 5.02 Å². The van der Waals surface area contributed by atoms with Gasteiger partial charge in [0.05, 0.1) is 110 Å². The fourth-order valence-corrected chi connectivity index (χ4v) is 18.5. The van der Waals surface area contributed by atoms with Gasteiger partial charge < -0.3 is 63.8 Å². The molecule has 0 saturated carbocycles. The number of nitrogens with zero attached hydrogens (tertiary/aromatic N) is 17. The second kappa shape index (κ2) is 40.0. The van der Waals surface area contributed by atoms with E-state index in [1.54, 1.807) is 148 Å². The molecule has 11 heterocycles. The van der Waals surface area contributed by atoms with Gasteiger partial charge in [-0.25, -0.2) is 54.0 Å². The third-order valence-corrected chi connectivity index (χ3v) is 25.5. The van der Waals surface area contributed by atoms with E-state index < -0.39 is 0 Å². The van der Waals surface area contributed by atoms with Crippen LogP contribution in [0.1, 0.15) is 117 Å². The first kappa shape index (κ1) is 90.4. The Balaban J connectivity index is 0.000000144. The first-order chi connectivity index (χ1) is 63.5. The number of amides is 6. The number of fused-ring (bicyclic) bond motifs is 3. The Morgan fingerprint density at radius 3 is 0.985 bits per heavy atom. The summed E-state index contributed by atoms with van der Waals surface area (Å²) >= 11 is 6.60. The smallest absolute Gasteiger partial charge is 0.336 e. The van der Waals surface area contributed by atoms with Crippen LogP contribution in [0, 0.1) is 34.6 Å². The van der Waals surface area contributed by atoms with Crippen LogP contribution in [-0.4, -0.2) is 183 Å². The molecule has 0 unspecified atom stereocenters. The average Bonchev–Trinajstić information content (AvgIpc) is 0.753. The molecule has 678 valence electrons. The van der Waals surface area contributed by atoms with Gasteiger partial charge in [0.2, 0.25) is 17.8 Å². The lowest BCUT2D eigenvalue weighted by atomic mass is 9.89. The van der Waals surface area contributed by atoms with E-state index in [1.165, 1.54) is 21.6 Å². The Hall–Kier alpha value is -13.9. The van der Waals surface area contributed by atoms with Crippen LogP contribution >= 0.6 is 11.6 Å². The molecule has 12 aromatic rings. The molecular weight excluding hydrogens is 1680 g/mol. The summed E-state index contributed by atoms with van der Waals surface area (Å²) < 4.78 is 39.2. The number of pyridine rings is 2. The minimum absolute atomic E-state index is 0.239. The van der Waals surface area contributed by atoms with E-state index in [-0.39, 0.29) is 24.6 Å². The number of piperidine rings is 3. The minimum Gasteiger partial charge on any atom is -0.497 e. The lowest BCUT2D eigenvalue weighted by Crippen LogP contribution is -2.46. The topological polar surface area (TPSA) is 284 Å². The zero-order valence-electron chi connectivity index (χ0n) is 76.7. The van der Waals surface area contributed by atoms with Gasteiger partial charge in [0.25, 0.3) is 0 Å². The number of carbonyl (C=O) groups is 3. The highest BCUT2D eigenvalue weighted by atomic mass is 35.5. The molecule has 6 aliphatic heterocycles. The number of anilines is 15. The molecule has 18 rings (SSSR count). The van der Waals surface area contributed by atoms with Crippen molar-refractivity contribution in [3.8, 4) is 40.2 Å². The first-order valence-electron chi connectivity index (χ1n) is 44.0. The molecule has 0 radical (unpaired) electrons. The standard InChI is InChI=1S/C35H40N6O4.C33H37N7O3.C32H34ClN7O3/c1-22-8-7-9-23(2)32(22)40-21-25-20-36-34(37-26-10-12-28(30(18-26)44-5)24-14-16-39(3)17-15-24)38-33(25)41(35(40)42)29-13-11-27(43-4)19-31(29)45-6;1-21-7-6-8-22(2)30(21)39-20-24-18-35-32(37-31(24)40(33(39)41)29-12-10-26(42-4)19-34-29)36-25-9-11-27(28(17-25)43-5)23-13-15-38(3)16-14-23;1-20-6-5-7-26(33)29(20)39-19-22-17-35-31(37-30(22)40(32(39)41)28-11-9-24(42-3)18-34-28)36-23-8-10-25(27(16-23)43-4)21-12-14-38(2)15-13-21/h7-13,18-20,24H,14-17,21H2,1-6H3,(H,36,37,38);6-12,17-19,23H,13-16,20H2,1-5H3,(H,35,36,37);5-11,16-18,21H,12-15,19H2,1-4H3,(H,35,36,37). The number of urea groups is 3. The number of ether oxygens (including phenoxy) is 7. The van der Waals surface area contributed by atoms with Gasteiger partial charge >= 0.3 is 18.1 Å². The Bertz CT molecular complexity index is 5860. The van der Waals surface area contributed by atoms with Gasteiger partial charge in [0.1, 0.15) is 51.9 Å². The maximum Gasteiger partial charge on any atom is 0.336 e.